The summed E-state index contributed by atoms with van der Waals surface area (Å²) in [7, 11) is 0. The molecule has 94 valence electrons. The average molecular weight is 244 g/mol. The van der Waals surface area contributed by atoms with E-state index in [1.165, 1.54) is 0 Å². The number of carboxylic acids is 1. The van der Waals surface area contributed by atoms with Crippen LogP contribution in [0.2, 0.25) is 0 Å². The van der Waals surface area contributed by atoms with Crippen LogP contribution in [0.15, 0.2) is 30.6 Å². The Morgan fingerprint density at radius 3 is 2.89 bits per heavy atom. The molecule has 1 N–H and O–H groups in total. The molecule has 2 aromatic rings. The van der Waals surface area contributed by atoms with Crippen LogP contribution in [0.1, 0.15) is 35.1 Å². The Bertz CT molecular complexity index is 573. The first-order valence-corrected chi connectivity index (χ1v) is 6.00. The highest BCUT2D eigenvalue weighted by atomic mass is 16.4. The van der Waals surface area contributed by atoms with Gasteiger partial charge in [-0.15, -0.1) is 0 Å². The van der Waals surface area contributed by atoms with Gasteiger partial charge in [0.05, 0.1) is 11.3 Å². The van der Waals surface area contributed by atoms with Gasteiger partial charge in [-0.1, -0.05) is 13.0 Å². The van der Waals surface area contributed by atoms with Crippen LogP contribution in [0.3, 0.4) is 0 Å². The molecule has 4 nitrogen and oxygen atoms in total. The number of carbonyl (C=O) groups is 1. The Hall–Kier alpha value is -2.10. The van der Waals surface area contributed by atoms with E-state index in [4.69, 9.17) is 5.11 Å². The van der Waals surface area contributed by atoms with Crippen molar-refractivity contribution in [1.29, 1.82) is 0 Å². The lowest BCUT2D eigenvalue weighted by Gasteiger charge is -2.11. The highest BCUT2D eigenvalue weighted by Crippen LogP contribution is 2.18. The number of nitrogens with zero attached hydrogens (tertiary/aromatic N) is 2. The van der Waals surface area contributed by atoms with Gasteiger partial charge in [-0.2, -0.15) is 0 Å². The molecule has 1 heterocycles. The van der Waals surface area contributed by atoms with E-state index in [2.05, 4.69) is 11.9 Å². The second-order valence-electron chi connectivity index (χ2n) is 4.27. The van der Waals surface area contributed by atoms with Crippen molar-refractivity contribution in [3.05, 3.63) is 47.5 Å². The van der Waals surface area contributed by atoms with Crippen LogP contribution < -0.4 is 0 Å². The zero-order valence-corrected chi connectivity index (χ0v) is 10.6. The largest absolute Gasteiger partial charge is 0.478 e. The minimum absolute atomic E-state index is 0.298. The first-order valence-electron chi connectivity index (χ1n) is 6.00. The molecule has 0 spiro atoms. The minimum atomic E-state index is -0.909. The summed E-state index contributed by atoms with van der Waals surface area (Å²) in [5.74, 6) is 0.0524. The molecular formula is C14H16N2O2. The molecule has 1 aromatic carbocycles. The molecule has 0 bridgehead atoms. The molecule has 0 fully saturated rings. The molecule has 0 atom stereocenters. The van der Waals surface area contributed by atoms with Crippen LogP contribution in [-0.4, -0.2) is 20.6 Å². The standard InChI is InChI=1S/C14H16N2O2/c1-3-4-13-15-7-8-16(13)12-9-11(14(17)18)6-5-10(12)2/h5-9H,3-4H2,1-2H3,(H,17,18). The maximum Gasteiger partial charge on any atom is 0.335 e. The van der Waals surface area contributed by atoms with E-state index in [-0.39, 0.29) is 0 Å². The molecule has 0 aliphatic rings. The van der Waals surface area contributed by atoms with E-state index in [0.29, 0.717) is 5.56 Å². The molecule has 0 aliphatic heterocycles. The maximum atomic E-state index is 11.0. The van der Waals surface area contributed by atoms with Crippen molar-refractivity contribution in [2.45, 2.75) is 26.7 Å². The summed E-state index contributed by atoms with van der Waals surface area (Å²) in [6.45, 7) is 4.07. The van der Waals surface area contributed by atoms with Gasteiger partial charge < -0.3 is 9.67 Å². The number of hydrogen-bond donors (Lipinski definition) is 1. The molecule has 2 rings (SSSR count). The summed E-state index contributed by atoms with van der Waals surface area (Å²) in [6.07, 6.45) is 5.51. The van der Waals surface area contributed by atoms with Gasteiger partial charge in [-0.25, -0.2) is 9.78 Å². The normalized spacial score (nSPS) is 10.6. The van der Waals surface area contributed by atoms with Gasteiger partial charge in [-0.3, -0.25) is 0 Å². The molecule has 0 amide bonds. The average Bonchev–Trinajstić information content (AvgIpc) is 2.78. The molecule has 1 aromatic heterocycles. The SMILES string of the molecule is CCCc1nccn1-c1cc(C(=O)O)ccc1C. The number of aromatic nitrogens is 2. The van der Waals surface area contributed by atoms with Gasteiger partial charge in [0.1, 0.15) is 5.82 Å². The van der Waals surface area contributed by atoms with Crippen molar-refractivity contribution in [2.24, 2.45) is 0 Å². The van der Waals surface area contributed by atoms with Crippen molar-refractivity contribution < 1.29 is 9.90 Å². The molecule has 0 saturated carbocycles. The number of imidazole rings is 1. The fourth-order valence-corrected chi connectivity index (χ4v) is 1.96. The van der Waals surface area contributed by atoms with Gasteiger partial charge >= 0.3 is 5.97 Å². The predicted molar refractivity (Wildman–Crippen MR) is 69.3 cm³/mol. The van der Waals surface area contributed by atoms with Crippen LogP contribution in [0.25, 0.3) is 5.69 Å². The summed E-state index contributed by atoms with van der Waals surface area (Å²) < 4.78 is 1.96. The highest BCUT2D eigenvalue weighted by Gasteiger charge is 2.10. The molecule has 18 heavy (non-hydrogen) atoms. The molecule has 0 unspecified atom stereocenters. The van der Waals surface area contributed by atoms with Crippen LogP contribution in [0, 0.1) is 6.92 Å². The third-order valence-corrected chi connectivity index (χ3v) is 2.91. The van der Waals surface area contributed by atoms with Crippen molar-refractivity contribution in [2.75, 3.05) is 0 Å². The first-order chi connectivity index (χ1) is 8.63. The summed E-state index contributed by atoms with van der Waals surface area (Å²) >= 11 is 0. The van der Waals surface area contributed by atoms with Crippen molar-refractivity contribution in [1.82, 2.24) is 9.55 Å². The van der Waals surface area contributed by atoms with Gasteiger partial charge in [0.15, 0.2) is 0 Å². The molecule has 0 saturated heterocycles. The van der Waals surface area contributed by atoms with E-state index in [9.17, 15) is 4.79 Å². The van der Waals surface area contributed by atoms with Crippen LogP contribution in [0.4, 0.5) is 0 Å². The molecule has 0 radical (unpaired) electrons. The second kappa shape index (κ2) is 5.04. The van der Waals surface area contributed by atoms with Gasteiger partial charge in [0.25, 0.3) is 0 Å². The van der Waals surface area contributed by atoms with Crippen molar-refractivity contribution in [3.8, 4) is 5.69 Å². The topological polar surface area (TPSA) is 55.1 Å². The maximum absolute atomic E-state index is 11.0. The smallest absolute Gasteiger partial charge is 0.335 e. The number of aryl methyl sites for hydroxylation is 2. The first kappa shape index (κ1) is 12.4. The number of rotatable bonds is 4. The van der Waals surface area contributed by atoms with Crippen molar-refractivity contribution >= 4 is 5.97 Å². The molecular weight excluding hydrogens is 228 g/mol. The Balaban J connectivity index is 2.52. The zero-order chi connectivity index (χ0) is 13.1. The fourth-order valence-electron chi connectivity index (χ4n) is 1.96. The quantitative estimate of drug-likeness (QED) is 0.899. The summed E-state index contributed by atoms with van der Waals surface area (Å²) in [5, 5.41) is 9.05. The Morgan fingerprint density at radius 1 is 1.44 bits per heavy atom. The molecule has 4 heteroatoms. The van der Waals surface area contributed by atoms with E-state index < -0.39 is 5.97 Å². The predicted octanol–water partition coefficient (Wildman–Crippen LogP) is 2.83. The number of benzene rings is 1. The zero-order valence-electron chi connectivity index (χ0n) is 10.6. The number of carboxylic acid groups (broad SMARTS) is 1. The second-order valence-corrected chi connectivity index (χ2v) is 4.27. The molecule has 0 aliphatic carbocycles. The lowest BCUT2D eigenvalue weighted by atomic mass is 10.1. The van der Waals surface area contributed by atoms with E-state index >= 15 is 0 Å². The minimum Gasteiger partial charge on any atom is -0.478 e. The number of hydrogen-bond acceptors (Lipinski definition) is 2. The van der Waals surface area contributed by atoms with Crippen LogP contribution in [0.5, 0.6) is 0 Å². The fraction of sp³-hybridized carbons (Fsp3) is 0.286. The summed E-state index contributed by atoms with van der Waals surface area (Å²) in [6, 6.07) is 5.14. The van der Waals surface area contributed by atoms with Gasteiger partial charge in [-0.05, 0) is 31.0 Å². The van der Waals surface area contributed by atoms with E-state index in [1.807, 2.05) is 23.8 Å². The Morgan fingerprint density at radius 2 is 2.22 bits per heavy atom. The number of aromatic carboxylic acids is 1. The summed E-state index contributed by atoms with van der Waals surface area (Å²) in [4.78, 5) is 15.3. The third-order valence-electron chi connectivity index (χ3n) is 2.91. The van der Waals surface area contributed by atoms with E-state index in [0.717, 1.165) is 29.9 Å². The van der Waals surface area contributed by atoms with Crippen LogP contribution in [-0.2, 0) is 6.42 Å². The van der Waals surface area contributed by atoms with E-state index in [1.54, 1.807) is 18.3 Å². The van der Waals surface area contributed by atoms with Crippen molar-refractivity contribution in [3.63, 3.8) is 0 Å². The monoisotopic (exact) mass is 244 g/mol. The summed E-state index contributed by atoms with van der Waals surface area (Å²) in [5.41, 5.74) is 2.22. The Labute approximate surface area is 106 Å². The Kier molecular flexibility index (Phi) is 3.46. The van der Waals surface area contributed by atoms with Gasteiger partial charge in [0.2, 0.25) is 0 Å². The van der Waals surface area contributed by atoms with Crippen LogP contribution >= 0.6 is 0 Å². The lowest BCUT2D eigenvalue weighted by Crippen LogP contribution is -2.05. The highest BCUT2D eigenvalue weighted by molar-refractivity contribution is 5.88. The third kappa shape index (κ3) is 2.27. The van der Waals surface area contributed by atoms with Gasteiger partial charge in [0, 0.05) is 18.8 Å². The lowest BCUT2D eigenvalue weighted by molar-refractivity contribution is 0.0697.